The maximum absolute atomic E-state index is 10.4. The molecule has 0 aromatic heterocycles. The summed E-state index contributed by atoms with van der Waals surface area (Å²) in [6.07, 6.45) is 1.24. The average molecular weight is 147 g/mol. The highest BCUT2D eigenvalue weighted by Gasteiger charge is 1.95. The van der Waals surface area contributed by atoms with Crippen LogP contribution in [0.25, 0.3) is 0 Å². The molecule has 0 aliphatic heterocycles. The first-order valence-electron chi connectivity index (χ1n) is 2.59. The summed E-state index contributed by atoms with van der Waals surface area (Å²) in [5.74, 6) is 0.573. The summed E-state index contributed by atoms with van der Waals surface area (Å²) >= 11 is 1.12. The summed E-state index contributed by atoms with van der Waals surface area (Å²) in [4.78, 5) is 20.2. The summed E-state index contributed by atoms with van der Waals surface area (Å²) < 4.78 is 0. The molecular weight excluding hydrogens is 138 g/mol. The molecule has 0 bridgehead atoms. The highest BCUT2D eigenvalue weighted by molar-refractivity contribution is 8.13. The smallest absolute Gasteiger partial charge is 0.278 e. The van der Waals surface area contributed by atoms with Crippen LogP contribution in [0.2, 0.25) is 0 Å². The van der Waals surface area contributed by atoms with Crippen LogP contribution in [-0.2, 0) is 4.79 Å². The van der Waals surface area contributed by atoms with Crippen LogP contribution in [0, 0.1) is 0 Å². The molecule has 1 N–H and O–H groups in total. The lowest BCUT2D eigenvalue weighted by atomic mass is 10.6. The van der Waals surface area contributed by atoms with E-state index in [0.717, 1.165) is 18.0 Å². The predicted molar refractivity (Wildman–Crippen MR) is 37.6 cm³/mol. The molecule has 0 radical (unpaired) electrons. The van der Waals surface area contributed by atoms with Gasteiger partial charge in [0.2, 0.25) is 0 Å². The molecule has 0 aromatic carbocycles. The van der Waals surface area contributed by atoms with Gasteiger partial charge >= 0.3 is 0 Å². The standard InChI is InChI=1S/C5H9NO2S/c1-6-5(8)9-4-2-3-7/h3H,2,4H2,1H3,(H,6,8). The lowest BCUT2D eigenvalue weighted by Crippen LogP contribution is -2.11. The van der Waals surface area contributed by atoms with E-state index in [1.54, 1.807) is 7.05 Å². The van der Waals surface area contributed by atoms with Gasteiger partial charge in [0, 0.05) is 19.2 Å². The Morgan fingerprint density at radius 2 is 2.44 bits per heavy atom. The summed E-state index contributed by atoms with van der Waals surface area (Å²) in [6, 6.07) is 0. The van der Waals surface area contributed by atoms with Gasteiger partial charge in [0.15, 0.2) is 0 Å². The Balaban J connectivity index is 3.06. The number of carbonyl (C=O) groups is 2. The van der Waals surface area contributed by atoms with Crippen LogP contribution < -0.4 is 5.32 Å². The van der Waals surface area contributed by atoms with E-state index >= 15 is 0 Å². The van der Waals surface area contributed by atoms with Gasteiger partial charge in [-0.1, -0.05) is 11.8 Å². The SMILES string of the molecule is CNC(=O)SCCC=O. The molecule has 0 unspecified atom stereocenters. The molecule has 9 heavy (non-hydrogen) atoms. The highest BCUT2D eigenvalue weighted by atomic mass is 32.2. The Bertz CT molecular complexity index is 105. The van der Waals surface area contributed by atoms with Crippen LogP contribution >= 0.6 is 11.8 Å². The van der Waals surface area contributed by atoms with Gasteiger partial charge in [0.05, 0.1) is 0 Å². The van der Waals surface area contributed by atoms with Crippen molar-refractivity contribution in [1.82, 2.24) is 5.32 Å². The van der Waals surface area contributed by atoms with Gasteiger partial charge in [-0.2, -0.15) is 0 Å². The van der Waals surface area contributed by atoms with Crippen molar-refractivity contribution in [1.29, 1.82) is 0 Å². The van der Waals surface area contributed by atoms with Gasteiger partial charge in [0.25, 0.3) is 5.24 Å². The van der Waals surface area contributed by atoms with E-state index in [4.69, 9.17) is 0 Å². The Kier molecular flexibility index (Phi) is 5.30. The van der Waals surface area contributed by atoms with Gasteiger partial charge in [-0.05, 0) is 0 Å². The van der Waals surface area contributed by atoms with E-state index < -0.39 is 0 Å². The fraction of sp³-hybridized carbons (Fsp3) is 0.600. The molecule has 0 saturated carbocycles. The zero-order valence-electron chi connectivity index (χ0n) is 5.22. The Morgan fingerprint density at radius 1 is 1.78 bits per heavy atom. The normalized spacial score (nSPS) is 8.56. The molecule has 0 rings (SSSR count). The van der Waals surface area contributed by atoms with Crippen molar-refractivity contribution in [3.8, 4) is 0 Å². The fourth-order valence-corrected chi connectivity index (χ4v) is 0.816. The molecule has 0 spiro atoms. The average Bonchev–Trinajstić information content (AvgIpc) is 1.89. The van der Waals surface area contributed by atoms with Gasteiger partial charge in [-0.25, -0.2) is 0 Å². The van der Waals surface area contributed by atoms with Crippen molar-refractivity contribution in [2.24, 2.45) is 0 Å². The van der Waals surface area contributed by atoms with Gasteiger partial charge < -0.3 is 10.1 Å². The molecule has 4 heteroatoms. The molecule has 0 aromatic rings. The van der Waals surface area contributed by atoms with E-state index in [9.17, 15) is 9.59 Å². The third kappa shape index (κ3) is 5.36. The number of carbonyl (C=O) groups excluding carboxylic acids is 2. The van der Waals surface area contributed by atoms with Crippen molar-refractivity contribution < 1.29 is 9.59 Å². The number of hydrogen-bond acceptors (Lipinski definition) is 3. The van der Waals surface area contributed by atoms with Crippen molar-refractivity contribution in [2.75, 3.05) is 12.8 Å². The van der Waals surface area contributed by atoms with Crippen molar-refractivity contribution >= 4 is 23.3 Å². The first-order chi connectivity index (χ1) is 4.31. The third-order valence-electron chi connectivity index (χ3n) is 0.673. The van der Waals surface area contributed by atoms with Crippen LogP contribution in [0.5, 0.6) is 0 Å². The van der Waals surface area contributed by atoms with Crippen LogP contribution in [0.15, 0.2) is 0 Å². The molecule has 0 atom stereocenters. The first-order valence-corrected chi connectivity index (χ1v) is 3.58. The fourth-order valence-electron chi connectivity index (χ4n) is 0.272. The van der Waals surface area contributed by atoms with Crippen LogP contribution in [-0.4, -0.2) is 24.3 Å². The largest absolute Gasteiger partial charge is 0.350 e. The van der Waals surface area contributed by atoms with Crippen LogP contribution in [0.1, 0.15) is 6.42 Å². The minimum absolute atomic E-state index is 0.0862. The number of thioether (sulfide) groups is 1. The molecule has 52 valence electrons. The Morgan fingerprint density at radius 3 is 2.89 bits per heavy atom. The zero-order valence-corrected chi connectivity index (χ0v) is 6.03. The van der Waals surface area contributed by atoms with Crippen LogP contribution in [0.3, 0.4) is 0 Å². The number of amides is 1. The second-order valence-electron chi connectivity index (χ2n) is 1.34. The lowest BCUT2D eigenvalue weighted by Gasteiger charge is -1.93. The summed E-state index contributed by atoms with van der Waals surface area (Å²) in [5, 5.41) is 2.35. The molecule has 0 saturated heterocycles. The van der Waals surface area contributed by atoms with E-state index in [0.29, 0.717) is 12.2 Å². The van der Waals surface area contributed by atoms with Crippen molar-refractivity contribution in [3.05, 3.63) is 0 Å². The minimum atomic E-state index is -0.0862. The number of hydrogen-bond donors (Lipinski definition) is 1. The van der Waals surface area contributed by atoms with Crippen LogP contribution in [0.4, 0.5) is 4.79 Å². The monoisotopic (exact) mass is 147 g/mol. The highest BCUT2D eigenvalue weighted by Crippen LogP contribution is 2.00. The topological polar surface area (TPSA) is 46.2 Å². The van der Waals surface area contributed by atoms with Gasteiger partial charge in [0.1, 0.15) is 6.29 Å². The summed E-state index contributed by atoms with van der Waals surface area (Å²) in [5.41, 5.74) is 0. The Hall–Kier alpha value is -0.510. The number of nitrogens with one attached hydrogen (secondary N) is 1. The molecular formula is C5H9NO2S. The molecule has 0 aliphatic carbocycles. The van der Waals surface area contributed by atoms with E-state index in [1.807, 2.05) is 0 Å². The lowest BCUT2D eigenvalue weighted by molar-refractivity contribution is -0.107. The molecule has 0 fully saturated rings. The Labute approximate surface area is 58.2 Å². The van der Waals surface area contributed by atoms with E-state index in [2.05, 4.69) is 5.32 Å². The van der Waals surface area contributed by atoms with Crippen molar-refractivity contribution in [3.63, 3.8) is 0 Å². The second-order valence-corrected chi connectivity index (χ2v) is 2.41. The summed E-state index contributed by atoms with van der Waals surface area (Å²) in [6.45, 7) is 0. The quantitative estimate of drug-likeness (QED) is 0.471. The maximum atomic E-state index is 10.4. The third-order valence-corrected chi connectivity index (χ3v) is 1.58. The number of aldehydes is 1. The molecule has 1 amide bonds. The first kappa shape index (κ1) is 8.49. The number of rotatable bonds is 3. The molecule has 3 nitrogen and oxygen atoms in total. The van der Waals surface area contributed by atoms with Gasteiger partial charge in [-0.15, -0.1) is 0 Å². The summed E-state index contributed by atoms with van der Waals surface area (Å²) in [7, 11) is 1.57. The maximum Gasteiger partial charge on any atom is 0.278 e. The zero-order chi connectivity index (χ0) is 7.11. The predicted octanol–water partition coefficient (Wildman–Crippen LogP) is 0.648. The van der Waals surface area contributed by atoms with Crippen molar-refractivity contribution in [2.45, 2.75) is 6.42 Å². The molecule has 0 heterocycles. The second kappa shape index (κ2) is 5.62. The minimum Gasteiger partial charge on any atom is -0.350 e. The molecule has 0 aliphatic rings. The van der Waals surface area contributed by atoms with Gasteiger partial charge in [-0.3, -0.25) is 4.79 Å². The van der Waals surface area contributed by atoms with E-state index in [-0.39, 0.29) is 5.24 Å². The van der Waals surface area contributed by atoms with E-state index in [1.165, 1.54) is 0 Å².